The number of sulfonamides is 1. The van der Waals surface area contributed by atoms with Crippen molar-refractivity contribution in [2.24, 2.45) is 0 Å². The zero-order valence-corrected chi connectivity index (χ0v) is 17.2. The fraction of sp³-hybridized carbons (Fsp3) is 0.286. The van der Waals surface area contributed by atoms with E-state index in [1.165, 1.54) is 0 Å². The number of carbonyl (C=O) groups is 1. The zero-order valence-electron chi connectivity index (χ0n) is 16.4. The van der Waals surface area contributed by atoms with Gasteiger partial charge in [-0.25, -0.2) is 8.42 Å². The van der Waals surface area contributed by atoms with Gasteiger partial charge in [-0.05, 0) is 43.2 Å². The first kappa shape index (κ1) is 21.5. The van der Waals surface area contributed by atoms with Crippen LogP contribution in [0.2, 0.25) is 0 Å². The molecule has 2 aromatic carbocycles. The summed E-state index contributed by atoms with van der Waals surface area (Å²) in [7, 11) is -3.66. The van der Waals surface area contributed by atoms with Crippen molar-refractivity contribution in [2.75, 3.05) is 22.5 Å². The second kappa shape index (κ2) is 9.41. The van der Waals surface area contributed by atoms with Crippen LogP contribution in [0.3, 0.4) is 0 Å². The molecule has 0 saturated carbocycles. The van der Waals surface area contributed by atoms with Crippen LogP contribution in [-0.2, 0) is 21.2 Å². The van der Waals surface area contributed by atoms with Crippen LogP contribution in [0.1, 0.15) is 19.4 Å². The highest BCUT2D eigenvalue weighted by molar-refractivity contribution is 7.92. The Morgan fingerprint density at radius 3 is 2.50 bits per heavy atom. The molecule has 0 aliphatic carbocycles. The Labute approximate surface area is 166 Å². The van der Waals surface area contributed by atoms with Crippen LogP contribution in [0.15, 0.2) is 61.2 Å². The topological polar surface area (TPSA) is 75.7 Å². The van der Waals surface area contributed by atoms with Crippen molar-refractivity contribution in [1.82, 2.24) is 0 Å². The van der Waals surface area contributed by atoms with Gasteiger partial charge in [0.05, 0.1) is 11.9 Å². The van der Waals surface area contributed by atoms with Gasteiger partial charge in [-0.2, -0.15) is 0 Å². The summed E-state index contributed by atoms with van der Waals surface area (Å²) in [6.45, 7) is 7.52. The van der Waals surface area contributed by atoms with E-state index in [1.54, 1.807) is 49.4 Å². The Morgan fingerprint density at radius 1 is 1.25 bits per heavy atom. The largest absolute Gasteiger partial charge is 0.489 e. The molecule has 1 amide bonds. The highest BCUT2D eigenvalue weighted by Crippen LogP contribution is 2.23. The maximum Gasteiger partial charge on any atom is 0.247 e. The number of ether oxygens (including phenoxy) is 1. The molecule has 1 atom stereocenters. The third-order valence-electron chi connectivity index (χ3n) is 4.16. The highest BCUT2D eigenvalue weighted by Gasteiger charge is 2.29. The first-order valence-electron chi connectivity index (χ1n) is 8.99. The average Bonchev–Trinajstić information content (AvgIpc) is 2.66. The monoisotopic (exact) mass is 402 g/mol. The summed E-state index contributed by atoms with van der Waals surface area (Å²) in [6, 6.07) is 13.1. The third-order valence-corrected chi connectivity index (χ3v) is 5.40. The van der Waals surface area contributed by atoms with Gasteiger partial charge in [0.2, 0.25) is 15.9 Å². The number of hydrogen-bond acceptors (Lipinski definition) is 4. The van der Waals surface area contributed by atoms with E-state index in [0.29, 0.717) is 23.7 Å². The van der Waals surface area contributed by atoms with Gasteiger partial charge in [-0.1, -0.05) is 37.8 Å². The zero-order chi connectivity index (χ0) is 20.7. The number of aryl methyl sites for hydroxylation is 1. The van der Waals surface area contributed by atoms with E-state index in [-0.39, 0.29) is 0 Å². The van der Waals surface area contributed by atoms with Crippen LogP contribution in [0.5, 0.6) is 5.75 Å². The van der Waals surface area contributed by atoms with E-state index in [4.69, 9.17) is 4.74 Å². The van der Waals surface area contributed by atoms with Gasteiger partial charge >= 0.3 is 0 Å². The highest BCUT2D eigenvalue weighted by atomic mass is 32.2. The standard InChI is InChI=1S/C21H26N2O4S/c1-5-14-27-20-9-7-8-18(15-20)22-21(24)16(3)23(28(4,25)26)19-12-10-17(6-2)11-13-19/h5,7-13,15-16H,1,6,14H2,2-4H3,(H,22,24)/t16-/m1/s1. The Bertz CT molecular complexity index is 924. The minimum Gasteiger partial charge on any atom is -0.489 e. The Morgan fingerprint density at radius 2 is 1.93 bits per heavy atom. The van der Waals surface area contributed by atoms with Gasteiger partial charge in [0.15, 0.2) is 0 Å². The van der Waals surface area contributed by atoms with Crippen molar-refractivity contribution in [3.63, 3.8) is 0 Å². The molecule has 6 nitrogen and oxygen atoms in total. The maximum absolute atomic E-state index is 12.7. The number of benzene rings is 2. The van der Waals surface area contributed by atoms with E-state index >= 15 is 0 Å². The smallest absolute Gasteiger partial charge is 0.247 e. The SMILES string of the molecule is C=CCOc1cccc(NC(=O)[C@@H](C)N(c2ccc(CC)cc2)S(C)(=O)=O)c1. The van der Waals surface area contributed by atoms with Crippen molar-refractivity contribution in [3.8, 4) is 5.75 Å². The van der Waals surface area contributed by atoms with Crippen molar-refractivity contribution < 1.29 is 17.9 Å². The molecule has 0 bridgehead atoms. The molecule has 0 aliphatic rings. The predicted octanol–water partition coefficient (Wildman–Crippen LogP) is 3.61. The van der Waals surface area contributed by atoms with E-state index < -0.39 is 22.0 Å². The molecule has 1 N–H and O–H groups in total. The molecule has 28 heavy (non-hydrogen) atoms. The van der Waals surface area contributed by atoms with Gasteiger partial charge < -0.3 is 10.1 Å². The summed E-state index contributed by atoms with van der Waals surface area (Å²) in [5, 5.41) is 2.75. The predicted molar refractivity (Wildman–Crippen MR) is 113 cm³/mol. The summed E-state index contributed by atoms with van der Waals surface area (Å²) in [4.78, 5) is 12.7. The molecule has 150 valence electrons. The molecule has 0 radical (unpaired) electrons. The molecule has 0 aliphatic heterocycles. The van der Waals surface area contributed by atoms with Gasteiger partial charge in [0.25, 0.3) is 0 Å². The van der Waals surface area contributed by atoms with Crippen LogP contribution >= 0.6 is 0 Å². The Balaban J connectivity index is 2.23. The molecule has 0 fully saturated rings. The summed E-state index contributed by atoms with van der Waals surface area (Å²) in [6.07, 6.45) is 3.56. The lowest BCUT2D eigenvalue weighted by Crippen LogP contribution is -2.45. The number of nitrogens with zero attached hydrogens (tertiary/aromatic N) is 1. The second-order valence-corrected chi connectivity index (χ2v) is 8.23. The van der Waals surface area contributed by atoms with Crippen LogP contribution in [0, 0.1) is 0 Å². The van der Waals surface area contributed by atoms with E-state index in [9.17, 15) is 13.2 Å². The number of nitrogens with one attached hydrogen (secondary N) is 1. The van der Waals surface area contributed by atoms with Gasteiger partial charge in [-0.3, -0.25) is 9.10 Å². The molecular formula is C21H26N2O4S. The minimum absolute atomic E-state index is 0.351. The summed E-state index contributed by atoms with van der Waals surface area (Å²) in [5.41, 5.74) is 2.06. The van der Waals surface area contributed by atoms with E-state index in [1.807, 2.05) is 19.1 Å². The van der Waals surface area contributed by atoms with Crippen LogP contribution in [0.4, 0.5) is 11.4 Å². The second-order valence-electron chi connectivity index (χ2n) is 6.37. The third kappa shape index (κ3) is 5.60. The van der Waals surface area contributed by atoms with Crippen LogP contribution in [-0.4, -0.2) is 33.2 Å². The fourth-order valence-electron chi connectivity index (χ4n) is 2.75. The van der Waals surface area contributed by atoms with Gasteiger partial charge in [0.1, 0.15) is 18.4 Å². The summed E-state index contributed by atoms with van der Waals surface area (Å²) in [5.74, 6) is 0.145. The summed E-state index contributed by atoms with van der Waals surface area (Å²) < 4.78 is 31.3. The van der Waals surface area contributed by atoms with Gasteiger partial charge in [-0.15, -0.1) is 0 Å². The molecule has 0 heterocycles. The average molecular weight is 403 g/mol. The number of amides is 1. The number of carbonyl (C=O) groups excluding carboxylic acids is 1. The van der Waals surface area contributed by atoms with Crippen molar-refractivity contribution in [1.29, 1.82) is 0 Å². The van der Waals surface area contributed by atoms with Crippen molar-refractivity contribution in [3.05, 3.63) is 66.7 Å². The quantitative estimate of drug-likeness (QED) is 0.650. The van der Waals surface area contributed by atoms with Gasteiger partial charge in [0, 0.05) is 11.8 Å². The van der Waals surface area contributed by atoms with Crippen molar-refractivity contribution >= 4 is 27.3 Å². The summed E-state index contributed by atoms with van der Waals surface area (Å²) >= 11 is 0. The van der Waals surface area contributed by atoms with Crippen LogP contribution in [0.25, 0.3) is 0 Å². The Hall–Kier alpha value is -2.80. The molecule has 7 heteroatoms. The first-order chi connectivity index (χ1) is 13.3. The first-order valence-corrected chi connectivity index (χ1v) is 10.8. The molecule has 0 aromatic heterocycles. The number of hydrogen-bond donors (Lipinski definition) is 1. The van der Waals surface area contributed by atoms with Crippen molar-refractivity contribution in [2.45, 2.75) is 26.3 Å². The number of rotatable bonds is 9. The number of anilines is 2. The molecule has 2 aromatic rings. The normalized spacial score (nSPS) is 12.1. The lowest BCUT2D eigenvalue weighted by molar-refractivity contribution is -0.116. The lowest BCUT2D eigenvalue weighted by atomic mass is 10.1. The maximum atomic E-state index is 12.7. The molecular weight excluding hydrogens is 376 g/mol. The Kier molecular flexibility index (Phi) is 7.23. The molecule has 2 rings (SSSR count). The minimum atomic E-state index is -3.66. The van der Waals surface area contributed by atoms with E-state index in [0.717, 1.165) is 22.5 Å². The fourth-order valence-corrected chi connectivity index (χ4v) is 3.93. The molecule has 0 spiro atoms. The molecule has 0 saturated heterocycles. The van der Waals surface area contributed by atoms with Crippen LogP contribution < -0.4 is 14.4 Å². The van der Waals surface area contributed by atoms with E-state index in [2.05, 4.69) is 11.9 Å². The molecule has 0 unspecified atom stereocenters. The lowest BCUT2D eigenvalue weighted by Gasteiger charge is -2.28.